The molecule has 0 aliphatic rings. The van der Waals surface area contributed by atoms with Crippen LogP contribution in [0.5, 0.6) is 0 Å². The van der Waals surface area contributed by atoms with Crippen LogP contribution in [0.2, 0.25) is 5.02 Å². The molecule has 0 bridgehead atoms. The summed E-state index contributed by atoms with van der Waals surface area (Å²) >= 11 is 7.36. The lowest BCUT2D eigenvalue weighted by Crippen LogP contribution is -2.15. The Kier molecular flexibility index (Phi) is 5.46. The molecule has 0 aliphatic carbocycles. The molecule has 0 aliphatic heterocycles. The molecule has 0 radical (unpaired) electrons. The summed E-state index contributed by atoms with van der Waals surface area (Å²) in [6.45, 7) is 1.93. The van der Waals surface area contributed by atoms with Gasteiger partial charge in [-0.15, -0.1) is 11.3 Å². The third-order valence-electron chi connectivity index (χ3n) is 4.25. The number of carbonyl (C=O) groups excluding carboxylic acids is 1. The molecule has 1 aromatic heterocycles. The van der Waals surface area contributed by atoms with Crippen molar-refractivity contribution in [1.29, 1.82) is 0 Å². The topological polar surface area (TPSA) is 88.2 Å². The zero-order valence-corrected chi connectivity index (χ0v) is 18.1. The molecular formula is C21H16ClN3O3S2. The molecule has 0 saturated heterocycles. The predicted octanol–water partition coefficient (Wildman–Crippen LogP) is 5.31. The van der Waals surface area contributed by atoms with Crippen molar-refractivity contribution in [3.63, 3.8) is 0 Å². The second-order valence-corrected chi connectivity index (χ2v) is 9.86. The zero-order chi connectivity index (χ0) is 21.3. The van der Waals surface area contributed by atoms with Gasteiger partial charge in [0.15, 0.2) is 0 Å². The van der Waals surface area contributed by atoms with Gasteiger partial charge in [0.25, 0.3) is 15.9 Å². The van der Waals surface area contributed by atoms with Crippen LogP contribution >= 0.6 is 22.9 Å². The number of amides is 1. The highest BCUT2D eigenvalue weighted by atomic mass is 35.5. The normalized spacial score (nSPS) is 11.4. The number of nitrogens with zero attached hydrogens (tertiary/aromatic N) is 1. The van der Waals surface area contributed by atoms with Crippen LogP contribution in [0.15, 0.2) is 71.6 Å². The Morgan fingerprint density at radius 2 is 1.77 bits per heavy atom. The van der Waals surface area contributed by atoms with Gasteiger partial charge in [0, 0.05) is 22.0 Å². The van der Waals surface area contributed by atoms with E-state index in [0.29, 0.717) is 16.3 Å². The van der Waals surface area contributed by atoms with Gasteiger partial charge in [0.2, 0.25) is 0 Å². The van der Waals surface area contributed by atoms with Crippen molar-refractivity contribution in [2.24, 2.45) is 0 Å². The lowest BCUT2D eigenvalue weighted by atomic mass is 10.2. The first-order valence-electron chi connectivity index (χ1n) is 8.87. The number of hydrogen-bond acceptors (Lipinski definition) is 5. The van der Waals surface area contributed by atoms with Gasteiger partial charge in [-0.25, -0.2) is 13.4 Å². The molecule has 1 heterocycles. The number of nitrogens with one attached hydrogen (secondary N) is 2. The summed E-state index contributed by atoms with van der Waals surface area (Å²) in [5, 5.41) is 4.23. The van der Waals surface area contributed by atoms with E-state index in [1.165, 1.54) is 30.3 Å². The monoisotopic (exact) mass is 457 g/mol. The van der Waals surface area contributed by atoms with Crippen LogP contribution in [-0.4, -0.2) is 19.3 Å². The molecule has 0 fully saturated rings. The summed E-state index contributed by atoms with van der Waals surface area (Å²) < 4.78 is 28.6. The molecule has 0 saturated carbocycles. The minimum Gasteiger partial charge on any atom is -0.322 e. The SMILES string of the molecule is Cc1nc2ccc(NC(=O)c3cccc(NS(=O)(=O)c4ccc(Cl)cc4)c3)cc2s1. The zero-order valence-electron chi connectivity index (χ0n) is 15.7. The van der Waals surface area contributed by atoms with Crippen LogP contribution in [0.3, 0.4) is 0 Å². The number of sulfonamides is 1. The van der Waals surface area contributed by atoms with Crippen LogP contribution < -0.4 is 10.0 Å². The highest BCUT2D eigenvalue weighted by Crippen LogP contribution is 2.25. The van der Waals surface area contributed by atoms with E-state index in [9.17, 15) is 13.2 Å². The number of thiazole rings is 1. The first-order chi connectivity index (χ1) is 14.3. The highest BCUT2D eigenvalue weighted by Gasteiger charge is 2.15. The summed E-state index contributed by atoms with van der Waals surface area (Å²) in [4.78, 5) is 17.1. The highest BCUT2D eigenvalue weighted by molar-refractivity contribution is 7.92. The molecule has 9 heteroatoms. The van der Waals surface area contributed by atoms with Gasteiger partial charge in [-0.2, -0.15) is 0 Å². The number of aromatic nitrogens is 1. The molecule has 0 spiro atoms. The largest absolute Gasteiger partial charge is 0.322 e. The number of hydrogen-bond donors (Lipinski definition) is 2. The number of rotatable bonds is 5. The molecule has 30 heavy (non-hydrogen) atoms. The minimum atomic E-state index is -3.80. The van der Waals surface area contributed by atoms with Crippen molar-refractivity contribution in [2.75, 3.05) is 10.0 Å². The average molecular weight is 458 g/mol. The van der Waals surface area contributed by atoms with Crippen molar-refractivity contribution in [3.8, 4) is 0 Å². The van der Waals surface area contributed by atoms with Crippen LogP contribution in [0, 0.1) is 6.92 Å². The Labute approximate surface area is 182 Å². The first kappa shape index (κ1) is 20.3. The fraction of sp³-hybridized carbons (Fsp3) is 0.0476. The van der Waals surface area contributed by atoms with Crippen molar-refractivity contribution in [1.82, 2.24) is 4.98 Å². The Balaban J connectivity index is 1.53. The summed E-state index contributed by atoms with van der Waals surface area (Å²) in [5.74, 6) is -0.344. The van der Waals surface area contributed by atoms with E-state index in [-0.39, 0.29) is 16.5 Å². The van der Waals surface area contributed by atoms with Crippen LogP contribution in [0.1, 0.15) is 15.4 Å². The van der Waals surface area contributed by atoms with Gasteiger partial charge in [0.1, 0.15) is 0 Å². The quantitative estimate of drug-likeness (QED) is 0.425. The van der Waals surface area contributed by atoms with Crippen molar-refractivity contribution < 1.29 is 13.2 Å². The van der Waals surface area contributed by atoms with E-state index in [4.69, 9.17) is 11.6 Å². The van der Waals surface area contributed by atoms with Gasteiger partial charge in [-0.1, -0.05) is 17.7 Å². The van der Waals surface area contributed by atoms with Crippen molar-refractivity contribution in [3.05, 3.63) is 82.3 Å². The fourth-order valence-electron chi connectivity index (χ4n) is 2.87. The Morgan fingerprint density at radius 3 is 2.53 bits per heavy atom. The van der Waals surface area contributed by atoms with E-state index in [2.05, 4.69) is 15.0 Å². The van der Waals surface area contributed by atoms with Gasteiger partial charge < -0.3 is 5.32 Å². The summed E-state index contributed by atoms with van der Waals surface area (Å²) in [6.07, 6.45) is 0. The average Bonchev–Trinajstić information content (AvgIpc) is 3.07. The number of carbonyl (C=O) groups is 1. The van der Waals surface area contributed by atoms with Crippen molar-refractivity contribution in [2.45, 2.75) is 11.8 Å². The molecule has 4 rings (SSSR count). The van der Waals surface area contributed by atoms with Crippen LogP contribution in [0.4, 0.5) is 11.4 Å². The molecule has 3 aromatic carbocycles. The van der Waals surface area contributed by atoms with Gasteiger partial charge in [0.05, 0.1) is 20.1 Å². The van der Waals surface area contributed by atoms with Crippen molar-refractivity contribution >= 4 is 60.5 Å². The summed E-state index contributed by atoms with van der Waals surface area (Å²) in [6, 6.07) is 17.6. The maximum absolute atomic E-state index is 12.7. The number of fused-ring (bicyclic) bond motifs is 1. The standard InChI is InChI=1S/C21H16ClN3O3S2/c1-13-23-19-10-7-16(12-20(19)29-13)24-21(26)14-3-2-4-17(11-14)25-30(27,28)18-8-5-15(22)6-9-18/h2-12,25H,1H3,(H,24,26). The molecule has 152 valence electrons. The third-order valence-corrected chi connectivity index (χ3v) is 6.84. The van der Waals surface area contributed by atoms with Gasteiger partial charge >= 0.3 is 0 Å². The van der Waals surface area contributed by atoms with E-state index in [1.54, 1.807) is 35.6 Å². The lowest BCUT2D eigenvalue weighted by Gasteiger charge is -2.10. The van der Waals surface area contributed by atoms with E-state index in [0.717, 1.165) is 15.2 Å². The second-order valence-electron chi connectivity index (χ2n) is 6.51. The second kappa shape index (κ2) is 8.06. The molecule has 4 aromatic rings. The predicted molar refractivity (Wildman–Crippen MR) is 121 cm³/mol. The maximum Gasteiger partial charge on any atom is 0.261 e. The summed E-state index contributed by atoms with van der Waals surface area (Å²) in [5.41, 5.74) is 2.13. The Morgan fingerprint density at radius 1 is 1.00 bits per heavy atom. The molecule has 0 unspecified atom stereocenters. The molecule has 2 N–H and O–H groups in total. The van der Waals surface area contributed by atoms with Gasteiger partial charge in [-0.3, -0.25) is 9.52 Å². The van der Waals surface area contributed by atoms with E-state index in [1.807, 2.05) is 19.1 Å². The fourth-order valence-corrected chi connectivity index (χ4v) is 4.91. The number of halogens is 1. The Bertz CT molecular complexity index is 1350. The number of aryl methyl sites for hydroxylation is 1. The van der Waals surface area contributed by atoms with E-state index < -0.39 is 10.0 Å². The minimum absolute atomic E-state index is 0.0786. The molecule has 1 amide bonds. The summed E-state index contributed by atoms with van der Waals surface area (Å²) in [7, 11) is -3.80. The van der Waals surface area contributed by atoms with Crippen LogP contribution in [-0.2, 0) is 10.0 Å². The first-order valence-corrected chi connectivity index (χ1v) is 11.5. The third kappa shape index (κ3) is 4.46. The van der Waals surface area contributed by atoms with Crippen LogP contribution in [0.25, 0.3) is 10.2 Å². The number of anilines is 2. The number of benzene rings is 3. The molecule has 0 atom stereocenters. The Hall–Kier alpha value is -2.94. The molecule has 6 nitrogen and oxygen atoms in total. The lowest BCUT2D eigenvalue weighted by molar-refractivity contribution is 0.102. The van der Waals surface area contributed by atoms with E-state index >= 15 is 0 Å². The smallest absolute Gasteiger partial charge is 0.261 e. The van der Waals surface area contributed by atoms with Gasteiger partial charge in [-0.05, 0) is 67.6 Å². The molecular weight excluding hydrogens is 442 g/mol. The maximum atomic E-state index is 12.7.